The first-order valence-electron chi connectivity index (χ1n) is 10.1. The van der Waals surface area contributed by atoms with Crippen molar-refractivity contribution in [1.29, 1.82) is 0 Å². The van der Waals surface area contributed by atoms with E-state index in [-0.39, 0.29) is 11.0 Å². The summed E-state index contributed by atoms with van der Waals surface area (Å²) in [6.45, 7) is 7.55. The van der Waals surface area contributed by atoms with Crippen molar-refractivity contribution in [2.24, 2.45) is 0 Å². The normalized spacial score (nSPS) is 15.2. The van der Waals surface area contributed by atoms with Crippen molar-refractivity contribution in [3.8, 4) is 0 Å². The standard InChI is InChI=1S/C21H24BrN5O4S/c1-21(2,3)31-20(28)26-11-9-25(10-12-26)18-16-13-17(22)27(19(16)24-14-23-18)32(29,30)15-7-5-4-6-8-15/h4-8,13-14H,9-12H2,1-3H3. The first-order chi connectivity index (χ1) is 15.1. The van der Waals surface area contributed by atoms with E-state index in [9.17, 15) is 13.2 Å². The Morgan fingerprint density at radius 1 is 1.06 bits per heavy atom. The van der Waals surface area contributed by atoms with E-state index in [0.29, 0.717) is 47.6 Å². The fourth-order valence-corrected chi connectivity index (χ4v) is 5.89. The SMILES string of the molecule is CC(C)(C)OC(=O)N1CCN(c2ncnc3c2cc(Br)n3S(=O)(=O)c2ccccc2)CC1. The van der Waals surface area contributed by atoms with Crippen LogP contribution in [0.3, 0.4) is 0 Å². The fourth-order valence-electron chi connectivity index (χ4n) is 3.55. The van der Waals surface area contributed by atoms with Gasteiger partial charge >= 0.3 is 6.09 Å². The van der Waals surface area contributed by atoms with Crippen LogP contribution in [0.4, 0.5) is 10.6 Å². The van der Waals surface area contributed by atoms with Crippen LogP contribution in [0, 0.1) is 0 Å². The Morgan fingerprint density at radius 3 is 2.34 bits per heavy atom. The molecule has 9 nitrogen and oxygen atoms in total. The zero-order valence-corrected chi connectivity index (χ0v) is 20.4. The summed E-state index contributed by atoms with van der Waals surface area (Å²) < 4.78 is 33.5. The molecular weight excluding hydrogens is 498 g/mol. The number of carbonyl (C=O) groups is 1. The number of carbonyl (C=O) groups excluding carboxylic acids is 1. The monoisotopic (exact) mass is 521 g/mol. The zero-order chi connectivity index (χ0) is 23.1. The lowest BCUT2D eigenvalue weighted by Gasteiger charge is -2.36. The molecule has 1 saturated heterocycles. The maximum atomic E-state index is 13.3. The molecule has 0 spiro atoms. The minimum Gasteiger partial charge on any atom is -0.444 e. The second kappa shape index (κ2) is 8.36. The predicted octanol–water partition coefficient (Wildman–Crippen LogP) is 3.49. The van der Waals surface area contributed by atoms with Crippen molar-refractivity contribution in [2.45, 2.75) is 31.3 Å². The van der Waals surface area contributed by atoms with Crippen molar-refractivity contribution in [3.63, 3.8) is 0 Å². The molecule has 0 N–H and O–H groups in total. The molecule has 1 fully saturated rings. The van der Waals surface area contributed by atoms with Crippen LogP contribution in [0.1, 0.15) is 20.8 Å². The number of fused-ring (bicyclic) bond motifs is 1. The predicted molar refractivity (Wildman–Crippen MR) is 124 cm³/mol. The Kier molecular flexibility index (Phi) is 5.89. The summed E-state index contributed by atoms with van der Waals surface area (Å²) in [5.41, 5.74) is -0.257. The molecule has 170 valence electrons. The van der Waals surface area contributed by atoms with Gasteiger partial charge in [-0.1, -0.05) is 18.2 Å². The highest BCUT2D eigenvalue weighted by Crippen LogP contribution is 2.32. The van der Waals surface area contributed by atoms with Gasteiger partial charge in [0.15, 0.2) is 5.65 Å². The van der Waals surface area contributed by atoms with E-state index in [1.807, 2.05) is 25.7 Å². The number of halogens is 1. The molecule has 0 aliphatic carbocycles. The summed E-state index contributed by atoms with van der Waals surface area (Å²) in [5, 5.41) is 0.615. The molecular formula is C21H24BrN5O4S. The minimum absolute atomic E-state index is 0.171. The number of ether oxygens (including phenoxy) is 1. The smallest absolute Gasteiger partial charge is 0.410 e. The molecule has 0 atom stereocenters. The number of aromatic nitrogens is 3. The maximum Gasteiger partial charge on any atom is 0.410 e. The number of piperazine rings is 1. The third kappa shape index (κ3) is 4.31. The first-order valence-corrected chi connectivity index (χ1v) is 12.4. The number of anilines is 1. The zero-order valence-electron chi connectivity index (χ0n) is 18.0. The van der Waals surface area contributed by atoms with Gasteiger partial charge in [0.2, 0.25) is 0 Å². The highest BCUT2D eigenvalue weighted by molar-refractivity contribution is 9.10. The molecule has 1 aliphatic heterocycles. The molecule has 1 aromatic carbocycles. The lowest BCUT2D eigenvalue weighted by Crippen LogP contribution is -2.50. The Labute approximate surface area is 195 Å². The Morgan fingerprint density at radius 2 is 1.72 bits per heavy atom. The van der Waals surface area contributed by atoms with E-state index in [2.05, 4.69) is 25.9 Å². The molecule has 11 heteroatoms. The van der Waals surface area contributed by atoms with Crippen LogP contribution < -0.4 is 4.90 Å². The maximum absolute atomic E-state index is 13.3. The molecule has 1 aliphatic rings. The van der Waals surface area contributed by atoms with Gasteiger partial charge in [0.25, 0.3) is 10.0 Å². The summed E-state index contributed by atoms with van der Waals surface area (Å²) >= 11 is 3.39. The van der Waals surface area contributed by atoms with E-state index < -0.39 is 15.6 Å². The summed E-state index contributed by atoms with van der Waals surface area (Å²) in [5.74, 6) is 0.626. The second-order valence-electron chi connectivity index (χ2n) is 8.44. The van der Waals surface area contributed by atoms with Crippen molar-refractivity contribution in [3.05, 3.63) is 47.3 Å². The third-order valence-electron chi connectivity index (χ3n) is 5.00. The van der Waals surface area contributed by atoms with Gasteiger partial charge in [0.1, 0.15) is 22.3 Å². The molecule has 1 amide bonds. The van der Waals surface area contributed by atoms with Crippen LogP contribution in [0.5, 0.6) is 0 Å². The number of benzene rings is 1. The highest BCUT2D eigenvalue weighted by Gasteiger charge is 2.29. The molecule has 3 heterocycles. The molecule has 0 bridgehead atoms. The average Bonchev–Trinajstić information content (AvgIpc) is 3.10. The van der Waals surface area contributed by atoms with Crippen LogP contribution in [0.25, 0.3) is 11.0 Å². The molecule has 0 saturated carbocycles. The molecule has 2 aromatic heterocycles. The average molecular weight is 522 g/mol. The quantitative estimate of drug-likeness (QED) is 0.520. The molecule has 0 radical (unpaired) electrons. The van der Waals surface area contributed by atoms with Crippen LogP contribution >= 0.6 is 15.9 Å². The Balaban J connectivity index is 1.63. The topological polar surface area (TPSA) is 97.6 Å². The van der Waals surface area contributed by atoms with Gasteiger partial charge in [-0.3, -0.25) is 0 Å². The number of nitrogens with zero attached hydrogens (tertiary/aromatic N) is 5. The van der Waals surface area contributed by atoms with Gasteiger partial charge in [-0.25, -0.2) is 27.2 Å². The third-order valence-corrected chi connectivity index (χ3v) is 7.54. The van der Waals surface area contributed by atoms with Crippen LogP contribution in [0.15, 0.2) is 52.2 Å². The lowest BCUT2D eigenvalue weighted by atomic mass is 10.2. The van der Waals surface area contributed by atoms with E-state index in [4.69, 9.17) is 4.74 Å². The van der Waals surface area contributed by atoms with Gasteiger partial charge in [-0.05, 0) is 54.9 Å². The van der Waals surface area contributed by atoms with Crippen molar-refractivity contribution in [1.82, 2.24) is 18.8 Å². The number of amides is 1. The van der Waals surface area contributed by atoms with Gasteiger partial charge in [0, 0.05) is 26.2 Å². The van der Waals surface area contributed by atoms with Crippen molar-refractivity contribution in [2.75, 3.05) is 31.1 Å². The lowest BCUT2D eigenvalue weighted by molar-refractivity contribution is 0.0240. The van der Waals surface area contributed by atoms with Gasteiger partial charge in [0.05, 0.1) is 10.3 Å². The summed E-state index contributed by atoms with van der Waals surface area (Å²) in [7, 11) is -3.85. The van der Waals surface area contributed by atoms with Crippen molar-refractivity contribution < 1.29 is 17.9 Å². The number of hydrogen-bond acceptors (Lipinski definition) is 7. The molecule has 0 unspecified atom stereocenters. The van der Waals surface area contributed by atoms with Crippen LogP contribution in [-0.2, 0) is 14.8 Å². The largest absolute Gasteiger partial charge is 0.444 e. The van der Waals surface area contributed by atoms with E-state index in [0.717, 1.165) is 0 Å². The van der Waals surface area contributed by atoms with E-state index in [1.165, 1.54) is 10.3 Å². The first kappa shape index (κ1) is 22.5. The summed E-state index contributed by atoms with van der Waals surface area (Å²) in [6.07, 6.45) is 1.02. The van der Waals surface area contributed by atoms with Crippen LogP contribution in [0.2, 0.25) is 0 Å². The Hall–Kier alpha value is -2.66. The fraction of sp³-hybridized carbons (Fsp3) is 0.381. The number of rotatable bonds is 3. The molecule has 3 aromatic rings. The van der Waals surface area contributed by atoms with E-state index >= 15 is 0 Å². The summed E-state index contributed by atoms with van der Waals surface area (Å²) in [4.78, 5) is 24.9. The molecule has 32 heavy (non-hydrogen) atoms. The summed E-state index contributed by atoms with van der Waals surface area (Å²) in [6, 6.07) is 9.93. The molecule has 4 rings (SSSR count). The highest BCUT2D eigenvalue weighted by atomic mass is 79.9. The minimum atomic E-state index is -3.85. The van der Waals surface area contributed by atoms with Crippen LogP contribution in [-0.4, -0.2) is 65.1 Å². The van der Waals surface area contributed by atoms with Crippen molar-refractivity contribution >= 4 is 48.9 Å². The second-order valence-corrected chi connectivity index (χ2v) is 11.0. The number of hydrogen-bond donors (Lipinski definition) is 0. The van der Waals surface area contributed by atoms with E-state index in [1.54, 1.807) is 41.3 Å². The van der Waals surface area contributed by atoms with Gasteiger partial charge < -0.3 is 14.5 Å². The van der Waals surface area contributed by atoms with Gasteiger partial charge in [-0.2, -0.15) is 0 Å². The van der Waals surface area contributed by atoms with Gasteiger partial charge in [-0.15, -0.1) is 0 Å². The Bertz CT molecular complexity index is 1250.